The highest BCUT2D eigenvalue weighted by Crippen LogP contribution is 2.48. The minimum absolute atomic E-state index is 0.00130. The van der Waals surface area contributed by atoms with Gasteiger partial charge in [0.25, 0.3) is 0 Å². The number of anilines is 1. The number of para-hydroxylation sites is 1. The predicted molar refractivity (Wildman–Crippen MR) is 84.5 cm³/mol. The van der Waals surface area contributed by atoms with Crippen LogP contribution in [0.5, 0.6) is 0 Å². The van der Waals surface area contributed by atoms with Crippen molar-refractivity contribution in [2.45, 2.75) is 26.2 Å². The Morgan fingerprint density at radius 2 is 1.77 bits per heavy atom. The van der Waals surface area contributed by atoms with Gasteiger partial charge in [0, 0.05) is 5.69 Å². The predicted octanol–water partition coefficient (Wildman–Crippen LogP) is 3.27. The van der Waals surface area contributed by atoms with Crippen LogP contribution in [-0.4, -0.2) is 17.0 Å². The maximum absolute atomic E-state index is 12.7. The molecule has 2 N–H and O–H groups in total. The lowest BCUT2D eigenvalue weighted by atomic mass is 9.82. The standard InChI is InChI=1S/C18H21NO3/c1-10(2)13-5-3-4-6-14(13)19-17(20)15-11-7-8-12(9-11)16(15)18(21)22/h3-8,10-12,15-16H,9H2,1-2H3,(H,19,20)(H,21,22)/t11-,12+,15-,16-/m1/s1. The Hall–Kier alpha value is -2.10. The van der Waals surface area contributed by atoms with Crippen LogP contribution in [0.1, 0.15) is 31.7 Å². The minimum atomic E-state index is -0.867. The molecule has 22 heavy (non-hydrogen) atoms. The van der Waals surface area contributed by atoms with Gasteiger partial charge in [-0.05, 0) is 35.8 Å². The molecule has 0 spiro atoms. The van der Waals surface area contributed by atoms with Crippen molar-refractivity contribution in [1.82, 2.24) is 0 Å². The third-order valence-corrected chi connectivity index (χ3v) is 4.89. The third-order valence-electron chi connectivity index (χ3n) is 4.89. The number of hydrogen-bond donors (Lipinski definition) is 2. The fraction of sp³-hybridized carbons (Fsp3) is 0.444. The number of carboxylic acid groups (broad SMARTS) is 1. The Morgan fingerprint density at radius 1 is 1.14 bits per heavy atom. The summed E-state index contributed by atoms with van der Waals surface area (Å²) >= 11 is 0. The summed E-state index contributed by atoms with van der Waals surface area (Å²) in [5.74, 6) is -1.75. The van der Waals surface area contributed by atoms with Gasteiger partial charge < -0.3 is 10.4 Å². The van der Waals surface area contributed by atoms with Gasteiger partial charge in [-0.25, -0.2) is 0 Å². The van der Waals surface area contributed by atoms with Crippen LogP contribution in [0.3, 0.4) is 0 Å². The summed E-state index contributed by atoms with van der Waals surface area (Å²) in [6.07, 6.45) is 4.74. The van der Waals surface area contributed by atoms with E-state index in [0.29, 0.717) is 5.92 Å². The smallest absolute Gasteiger partial charge is 0.307 e. The molecule has 0 aromatic heterocycles. The molecular formula is C18H21NO3. The Morgan fingerprint density at radius 3 is 2.41 bits per heavy atom. The maximum Gasteiger partial charge on any atom is 0.307 e. The molecule has 1 saturated carbocycles. The number of fused-ring (bicyclic) bond motifs is 2. The fourth-order valence-corrected chi connectivity index (χ4v) is 3.85. The zero-order valence-electron chi connectivity index (χ0n) is 12.8. The van der Waals surface area contributed by atoms with Gasteiger partial charge in [0.15, 0.2) is 0 Å². The average Bonchev–Trinajstić information content (AvgIpc) is 3.08. The average molecular weight is 299 g/mol. The van der Waals surface area contributed by atoms with Crippen LogP contribution in [-0.2, 0) is 9.59 Å². The van der Waals surface area contributed by atoms with E-state index in [1.165, 1.54) is 0 Å². The van der Waals surface area contributed by atoms with Crippen molar-refractivity contribution < 1.29 is 14.7 Å². The molecular weight excluding hydrogens is 278 g/mol. The van der Waals surface area contributed by atoms with Crippen molar-refractivity contribution in [1.29, 1.82) is 0 Å². The largest absolute Gasteiger partial charge is 0.481 e. The van der Waals surface area contributed by atoms with E-state index in [-0.39, 0.29) is 17.7 Å². The van der Waals surface area contributed by atoms with E-state index in [0.717, 1.165) is 17.7 Å². The minimum Gasteiger partial charge on any atom is -0.481 e. The van der Waals surface area contributed by atoms with Crippen LogP contribution in [0.15, 0.2) is 36.4 Å². The van der Waals surface area contributed by atoms with Crippen LogP contribution < -0.4 is 5.32 Å². The first-order chi connectivity index (χ1) is 10.5. The Bertz CT molecular complexity index is 635. The summed E-state index contributed by atoms with van der Waals surface area (Å²) in [7, 11) is 0. The van der Waals surface area contributed by atoms with Gasteiger partial charge in [0.05, 0.1) is 11.8 Å². The number of hydrogen-bond acceptors (Lipinski definition) is 2. The Balaban J connectivity index is 1.83. The molecule has 4 heteroatoms. The number of rotatable bonds is 4. The van der Waals surface area contributed by atoms with Gasteiger partial charge in [-0.15, -0.1) is 0 Å². The van der Waals surface area contributed by atoms with Gasteiger partial charge in [-0.2, -0.15) is 0 Å². The summed E-state index contributed by atoms with van der Waals surface area (Å²) in [5.41, 5.74) is 1.86. The molecule has 2 aliphatic carbocycles. The molecule has 0 unspecified atom stereocenters. The molecule has 2 aliphatic rings. The normalized spacial score (nSPS) is 29.0. The molecule has 0 heterocycles. The lowest BCUT2D eigenvalue weighted by Gasteiger charge is -2.24. The van der Waals surface area contributed by atoms with Crippen LogP contribution in [0, 0.1) is 23.7 Å². The highest BCUT2D eigenvalue weighted by molar-refractivity contribution is 5.97. The molecule has 0 radical (unpaired) electrons. The summed E-state index contributed by atoms with van der Waals surface area (Å²) in [6.45, 7) is 4.15. The molecule has 1 amide bonds. The lowest BCUT2D eigenvalue weighted by Crippen LogP contribution is -2.36. The topological polar surface area (TPSA) is 66.4 Å². The van der Waals surface area contributed by atoms with Crippen molar-refractivity contribution in [3.05, 3.63) is 42.0 Å². The molecule has 3 rings (SSSR count). The zero-order chi connectivity index (χ0) is 15.9. The van der Waals surface area contributed by atoms with E-state index < -0.39 is 17.8 Å². The van der Waals surface area contributed by atoms with E-state index >= 15 is 0 Å². The van der Waals surface area contributed by atoms with Crippen molar-refractivity contribution in [3.8, 4) is 0 Å². The number of carboxylic acids is 1. The highest BCUT2D eigenvalue weighted by Gasteiger charge is 2.51. The Labute approximate surface area is 130 Å². The Kier molecular flexibility index (Phi) is 3.77. The van der Waals surface area contributed by atoms with E-state index in [1.54, 1.807) is 0 Å². The maximum atomic E-state index is 12.7. The van der Waals surface area contributed by atoms with Crippen molar-refractivity contribution in [2.24, 2.45) is 23.7 Å². The summed E-state index contributed by atoms with van der Waals surface area (Å²) in [6, 6.07) is 7.71. The first-order valence-electron chi connectivity index (χ1n) is 7.80. The summed E-state index contributed by atoms with van der Waals surface area (Å²) < 4.78 is 0. The fourth-order valence-electron chi connectivity index (χ4n) is 3.85. The van der Waals surface area contributed by atoms with Crippen LogP contribution in [0.4, 0.5) is 5.69 Å². The molecule has 2 bridgehead atoms. The monoisotopic (exact) mass is 299 g/mol. The molecule has 0 saturated heterocycles. The molecule has 1 aromatic rings. The molecule has 0 aliphatic heterocycles. The number of nitrogens with one attached hydrogen (secondary N) is 1. The molecule has 4 nitrogen and oxygen atoms in total. The lowest BCUT2D eigenvalue weighted by molar-refractivity contribution is -0.146. The second kappa shape index (κ2) is 5.59. The number of allylic oxidation sites excluding steroid dienone is 2. The number of aliphatic carboxylic acids is 1. The van der Waals surface area contributed by atoms with Gasteiger partial charge in [-0.1, -0.05) is 44.2 Å². The first-order valence-corrected chi connectivity index (χ1v) is 7.80. The van der Waals surface area contributed by atoms with Gasteiger partial charge in [0.2, 0.25) is 5.91 Å². The first kappa shape index (κ1) is 14.8. The van der Waals surface area contributed by atoms with E-state index in [9.17, 15) is 14.7 Å². The molecule has 1 fully saturated rings. The van der Waals surface area contributed by atoms with Crippen molar-refractivity contribution >= 4 is 17.6 Å². The van der Waals surface area contributed by atoms with E-state index in [4.69, 9.17) is 0 Å². The summed E-state index contributed by atoms with van der Waals surface area (Å²) in [5, 5.41) is 12.4. The van der Waals surface area contributed by atoms with Crippen LogP contribution >= 0.6 is 0 Å². The molecule has 4 atom stereocenters. The molecule has 116 valence electrons. The zero-order valence-corrected chi connectivity index (χ0v) is 12.8. The second-order valence-corrected chi connectivity index (χ2v) is 6.57. The van der Waals surface area contributed by atoms with Gasteiger partial charge in [-0.3, -0.25) is 9.59 Å². The molecule has 1 aromatic carbocycles. The van der Waals surface area contributed by atoms with Gasteiger partial charge >= 0.3 is 5.97 Å². The quantitative estimate of drug-likeness (QED) is 0.839. The van der Waals surface area contributed by atoms with Crippen molar-refractivity contribution in [2.75, 3.05) is 5.32 Å². The number of carbonyl (C=O) groups excluding carboxylic acids is 1. The number of benzene rings is 1. The number of carbonyl (C=O) groups is 2. The number of amides is 1. The summed E-state index contributed by atoms with van der Waals surface area (Å²) in [4.78, 5) is 24.2. The van der Waals surface area contributed by atoms with E-state index in [1.807, 2.05) is 36.4 Å². The van der Waals surface area contributed by atoms with E-state index in [2.05, 4.69) is 19.2 Å². The van der Waals surface area contributed by atoms with Crippen molar-refractivity contribution in [3.63, 3.8) is 0 Å². The van der Waals surface area contributed by atoms with Crippen LogP contribution in [0.25, 0.3) is 0 Å². The third kappa shape index (κ3) is 2.43. The SMILES string of the molecule is CC(C)c1ccccc1NC(=O)[C@H]1[C@H](C(=O)O)[C@H]2C=C[C@@H]1C2. The second-order valence-electron chi connectivity index (χ2n) is 6.57. The highest BCUT2D eigenvalue weighted by atomic mass is 16.4. The van der Waals surface area contributed by atoms with Gasteiger partial charge in [0.1, 0.15) is 0 Å². The van der Waals surface area contributed by atoms with Crippen LogP contribution in [0.2, 0.25) is 0 Å².